The van der Waals surface area contributed by atoms with E-state index in [1.54, 1.807) is 6.20 Å². The molecule has 2 rings (SSSR count). The summed E-state index contributed by atoms with van der Waals surface area (Å²) < 4.78 is 0. The summed E-state index contributed by atoms with van der Waals surface area (Å²) in [5.41, 5.74) is 7.09. The number of benzene rings is 1. The fraction of sp³-hybridized carbons (Fsp3) is 0.0833. The van der Waals surface area contributed by atoms with Crippen LogP contribution in [0.5, 0.6) is 0 Å². The zero-order valence-electron chi connectivity index (χ0n) is 9.46. The Balaban J connectivity index is 2.26. The number of nitrogens with one attached hydrogen (secondary N) is 1. The molecule has 0 aliphatic heterocycles. The molecule has 1 heterocycles. The smallest absolute Gasteiger partial charge is 0.136 e. The summed E-state index contributed by atoms with van der Waals surface area (Å²) in [5.74, 6) is 0.886. The standard InChI is InChI=1S/C12H13N5/c1-17(11-6-7-15-8-16-11)10-4-2-9(3-5-10)12(13)14/h2-8H,1H3,(H3,13,14). The first kappa shape index (κ1) is 11.1. The first-order valence-corrected chi connectivity index (χ1v) is 5.12. The van der Waals surface area contributed by atoms with E-state index in [-0.39, 0.29) is 5.84 Å². The van der Waals surface area contributed by atoms with Gasteiger partial charge in [-0.15, -0.1) is 0 Å². The van der Waals surface area contributed by atoms with Crippen LogP contribution in [0, 0.1) is 5.41 Å². The molecule has 0 fully saturated rings. The fourth-order valence-corrected chi connectivity index (χ4v) is 1.48. The van der Waals surface area contributed by atoms with Crippen molar-refractivity contribution in [1.82, 2.24) is 9.97 Å². The number of anilines is 2. The Morgan fingerprint density at radius 3 is 2.47 bits per heavy atom. The van der Waals surface area contributed by atoms with Gasteiger partial charge in [-0.05, 0) is 30.3 Å². The van der Waals surface area contributed by atoms with E-state index in [2.05, 4.69) is 9.97 Å². The van der Waals surface area contributed by atoms with Crippen molar-refractivity contribution in [1.29, 1.82) is 5.41 Å². The molecule has 0 saturated carbocycles. The van der Waals surface area contributed by atoms with Crippen LogP contribution in [0.1, 0.15) is 5.56 Å². The van der Waals surface area contributed by atoms with Crippen molar-refractivity contribution >= 4 is 17.3 Å². The molecule has 0 saturated heterocycles. The van der Waals surface area contributed by atoms with Crippen LogP contribution in [0.4, 0.5) is 11.5 Å². The molecule has 0 atom stereocenters. The molecule has 0 aliphatic carbocycles. The number of aromatic nitrogens is 2. The molecule has 2 aromatic rings. The molecule has 0 spiro atoms. The number of hydrogen-bond acceptors (Lipinski definition) is 4. The number of amidine groups is 1. The van der Waals surface area contributed by atoms with E-state index in [1.807, 2.05) is 42.3 Å². The topological polar surface area (TPSA) is 78.9 Å². The van der Waals surface area contributed by atoms with Gasteiger partial charge in [0, 0.05) is 24.5 Å². The lowest BCUT2D eigenvalue weighted by Gasteiger charge is -2.17. The Morgan fingerprint density at radius 1 is 1.24 bits per heavy atom. The summed E-state index contributed by atoms with van der Waals surface area (Å²) in [6.45, 7) is 0. The van der Waals surface area contributed by atoms with E-state index in [0.29, 0.717) is 5.56 Å². The largest absolute Gasteiger partial charge is 0.384 e. The summed E-state index contributed by atoms with van der Waals surface area (Å²) in [5, 5.41) is 7.32. The molecule has 0 amide bonds. The number of nitrogens with two attached hydrogens (primary N) is 1. The Morgan fingerprint density at radius 2 is 1.94 bits per heavy atom. The SMILES string of the molecule is CN(c1ccc(C(=N)N)cc1)c1ccncn1. The third-order valence-corrected chi connectivity index (χ3v) is 2.48. The summed E-state index contributed by atoms with van der Waals surface area (Å²) >= 11 is 0. The molecule has 17 heavy (non-hydrogen) atoms. The first-order valence-electron chi connectivity index (χ1n) is 5.12. The zero-order chi connectivity index (χ0) is 12.3. The van der Waals surface area contributed by atoms with Gasteiger partial charge in [0.15, 0.2) is 0 Å². The Hall–Kier alpha value is -2.43. The highest BCUT2D eigenvalue weighted by Crippen LogP contribution is 2.20. The predicted molar refractivity (Wildman–Crippen MR) is 67.6 cm³/mol. The summed E-state index contributed by atoms with van der Waals surface area (Å²) in [6, 6.07) is 9.27. The average Bonchev–Trinajstić information content (AvgIpc) is 2.39. The van der Waals surface area contributed by atoms with Gasteiger partial charge in [-0.3, -0.25) is 5.41 Å². The van der Waals surface area contributed by atoms with E-state index in [1.165, 1.54) is 6.33 Å². The van der Waals surface area contributed by atoms with E-state index >= 15 is 0 Å². The van der Waals surface area contributed by atoms with Crippen LogP contribution in [0.2, 0.25) is 0 Å². The molecular weight excluding hydrogens is 214 g/mol. The highest BCUT2D eigenvalue weighted by Gasteiger charge is 2.04. The zero-order valence-corrected chi connectivity index (χ0v) is 9.46. The average molecular weight is 227 g/mol. The van der Waals surface area contributed by atoms with Gasteiger partial charge in [0.25, 0.3) is 0 Å². The van der Waals surface area contributed by atoms with Crippen molar-refractivity contribution in [3.8, 4) is 0 Å². The van der Waals surface area contributed by atoms with Gasteiger partial charge in [-0.1, -0.05) is 0 Å². The molecule has 0 bridgehead atoms. The molecule has 0 unspecified atom stereocenters. The molecule has 5 heteroatoms. The fourth-order valence-electron chi connectivity index (χ4n) is 1.48. The maximum absolute atomic E-state index is 7.32. The van der Waals surface area contributed by atoms with Gasteiger partial charge in [0.05, 0.1) is 0 Å². The Bertz CT molecular complexity index is 506. The van der Waals surface area contributed by atoms with Crippen molar-refractivity contribution in [3.63, 3.8) is 0 Å². The highest BCUT2D eigenvalue weighted by atomic mass is 15.2. The summed E-state index contributed by atoms with van der Waals surface area (Å²) in [6.07, 6.45) is 3.21. The van der Waals surface area contributed by atoms with Crippen molar-refractivity contribution in [3.05, 3.63) is 48.4 Å². The van der Waals surface area contributed by atoms with Crippen molar-refractivity contribution in [2.24, 2.45) is 5.73 Å². The number of hydrogen-bond donors (Lipinski definition) is 2. The maximum Gasteiger partial charge on any atom is 0.136 e. The maximum atomic E-state index is 7.32. The minimum absolute atomic E-state index is 0.0706. The molecule has 86 valence electrons. The highest BCUT2D eigenvalue weighted by molar-refractivity contribution is 5.95. The second-order valence-electron chi connectivity index (χ2n) is 3.59. The lowest BCUT2D eigenvalue weighted by atomic mass is 10.2. The van der Waals surface area contributed by atoms with Crippen LogP contribution in [0.3, 0.4) is 0 Å². The molecular formula is C12H13N5. The van der Waals surface area contributed by atoms with Gasteiger partial charge >= 0.3 is 0 Å². The van der Waals surface area contributed by atoms with Gasteiger partial charge in [0.2, 0.25) is 0 Å². The van der Waals surface area contributed by atoms with Crippen molar-refractivity contribution < 1.29 is 0 Å². The number of nitrogens with zero attached hydrogens (tertiary/aromatic N) is 3. The minimum Gasteiger partial charge on any atom is -0.384 e. The molecule has 3 N–H and O–H groups in total. The lowest BCUT2D eigenvalue weighted by Crippen LogP contribution is -2.13. The van der Waals surface area contributed by atoms with Crippen LogP contribution in [-0.2, 0) is 0 Å². The molecule has 0 aliphatic rings. The summed E-state index contributed by atoms with van der Waals surface area (Å²) in [4.78, 5) is 9.97. The van der Waals surface area contributed by atoms with Gasteiger partial charge in [0.1, 0.15) is 18.0 Å². The monoisotopic (exact) mass is 227 g/mol. The summed E-state index contributed by atoms with van der Waals surface area (Å²) in [7, 11) is 1.92. The van der Waals surface area contributed by atoms with Gasteiger partial charge in [-0.2, -0.15) is 0 Å². The van der Waals surface area contributed by atoms with Gasteiger partial charge in [-0.25, -0.2) is 9.97 Å². The van der Waals surface area contributed by atoms with Crippen LogP contribution in [0.25, 0.3) is 0 Å². The normalized spacial score (nSPS) is 9.94. The predicted octanol–water partition coefficient (Wildman–Crippen LogP) is 1.53. The number of nitrogen functional groups attached to an aromatic ring is 1. The van der Waals surface area contributed by atoms with Gasteiger partial charge < -0.3 is 10.6 Å². The number of rotatable bonds is 3. The molecule has 1 aromatic heterocycles. The first-order chi connectivity index (χ1) is 8.18. The Kier molecular flexibility index (Phi) is 3.00. The van der Waals surface area contributed by atoms with Crippen LogP contribution >= 0.6 is 0 Å². The van der Waals surface area contributed by atoms with Crippen LogP contribution < -0.4 is 10.6 Å². The third-order valence-electron chi connectivity index (χ3n) is 2.48. The van der Waals surface area contributed by atoms with E-state index in [9.17, 15) is 0 Å². The third kappa shape index (κ3) is 2.39. The minimum atomic E-state index is 0.0706. The second-order valence-corrected chi connectivity index (χ2v) is 3.59. The van der Waals surface area contributed by atoms with E-state index in [0.717, 1.165) is 11.5 Å². The molecule has 5 nitrogen and oxygen atoms in total. The molecule has 1 aromatic carbocycles. The van der Waals surface area contributed by atoms with E-state index < -0.39 is 0 Å². The lowest BCUT2D eigenvalue weighted by molar-refractivity contribution is 1.08. The van der Waals surface area contributed by atoms with E-state index in [4.69, 9.17) is 11.1 Å². The second kappa shape index (κ2) is 4.61. The van der Waals surface area contributed by atoms with Crippen LogP contribution in [0.15, 0.2) is 42.9 Å². The van der Waals surface area contributed by atoms with Crippen molar-refractivity contribution in [2.45, 2.75) is 0 Å². The van der Waals surface area contributed by atoms with Crippen LogP contribution in [-0.4, -0.2) is 22.9 Å². The van der Waals surface area contributed by atoms with Crippen molar-refractivity contribution in [2.75, 3.05) is 11.9 Å². The Labute approximate surface area is 99.4 Å². The quantitative estimate of drug-likeness (QED) is 0.615. The molecule has 0 radical (unpaired) electrons.